The molecule has 9 heteroatoms. The van der Waals surface area contributed by atoms with Crippen LogP contribution in [0.3, 0.4) is 0 Å². The Labute approximate surface area is 226 Å². The lowest BCUT2D eigenvalue weighted by atomic mass is 9.96. The Morgan fingerprint density at radius 2 is 1.81 bits per heavy atom. The average Bonchev–Trinajstić information content (AvgIpc) is 3.40. The van der Waals surface area contributed by atoms with Gasteiger partial charge >= 0.3 is 0 Å². The van der Waals surface area contributed by atoms with Crippen molar-refractivity contribution in [2.45, 2.75) is 25.9 Å². The molecule has 1 aliphatic heterocycles. The normalized spacial score (nSPS) is 17.1. The largest absolute Gasteiger partial charge is 0.506 e. The molecular weight excluding hydrogens is 508 g/mol. The van der Waals surface area contributed by atoms with Crippen LogP contribution in [0.1, 0.15) is 34.7 Å². The second kappa shape index (κ2) is 9.95. The molecule has 0 amide bonds. The van der Waals surface area contributed by atoms with Gasteiger partial charge in [-0.3, -0.25) is 4.98 Å². The first kappa shape index (κ1) is 24.9. The lowest BCUT2D eigenvalue weighted by molar-refractivity contribution is 0.394. The highest BCUT2D eigenvalue weighted by Crippen LogP contribution is 2.47. The van der Waals surface area contributed by atoms with E-state index in [4.69, 9.17) is 33.3 Å². The van der Waals surface area contributed by atoms with Gasteiger partial charge in [-0.2, -0.15) is 0 Å². The summed E-state index contributed by atoms with van der Waals surface area (Å²) in [6, 6.07) is 18.2. The number of phenolic OH excluding ortho intramolecular Hbond substituents is 1. The number of nitrogens with zero attached hydrogens (tertiary/aromatic N) is 3. The van der Waals surface area contributed by atoms with Crippen molar-refractivity contribution in [1.29, 1.82) is 0 Å². The van der Waals surface area contributed by atoms with Crippen LogP contribution in [-0.4, -0.2) is 34.0 Å². The number of hydrogen-bond acceptors (Lipinski definition) is 5. The number of aromatic hydroxyl groups is 1. The zero-order valence-electron chi connectivity index (χ0n) is 20.9. The summed E-state index contributed by atoms with van der Waals surface area (Å²) in [5, 5.41) is 15.3. The number of hydrogen-bond donors (Lipinski definition) is 2. The summed E-state index contributed by atoms with van der Waals surface area (Å²) in [5.74, 6) is 1.47. The first-order chi connectivity index (χ1) is 17.8. The molecule has 2 atom stereocenters. The van der Waals surface area contributed by atoms with Gasteiger partial charge < -0.3 is 29.4 Å². The third kappa shape index (κ3) is 4.36. The highest BCUT2D eigenvalue weighted by atomic mass is 35.5. The summed E-state index contributed by atoms with van der Waals surface area (Å²) in [7, 11) is 3.25. The molecule has 190 valence electrons. The number of aryl methyl sites for hydroxylation is 1. The number of anilines is 1. The third-order valence-corrected chi connectivity index (χ3v) is 7.26. The van der Waals surface area contributed by atoms with Crippen LogP contribution in [0.15, 0.2) is 66.9 Å². The van der Waals surface area contributed by atoms with Crippen LogP contribution in [0.5, 0.6) is 17.2 Å². The predicted molar refractivity (Wildman–Crippen MR) is 149 cm³/mol. The number of ether oxygens (including phenoxy) is 2. The predicted octanol–water partition coefficient (Wildman–Crippen LogP) is 6.04. The summed E-state index contributed by atoms with van der Waals surface area (Å²) in [6.45, 7) is 4.04. The van der Waals surface area contributed by atoms with Crippen molar-refractivity contribution >= 4 is 34.6 Å². The number of benzene rings is 2. The van der Waals surface area contributed by atoms with Crippen LogP contribution >= 0.6 is 23.8 Å². The fourth-order valence-corrected chi connectivity index (χ4v) is 5.55. The van der Waals surface area contributed by atoms with Crippen molar-refractivity contribution in [3.63, 3.8) is 0 Å². The first-order valence-electron chi connectivity index (χ1n) is 11.7. The van der Waals surface area contributed by atoms with Crippen molar-refractivity contribution in [3.05, 3.63) is 94.5 Å². The van der Waals surface area contributed by atoms with Crippen molar-refractivity contribution in [2.75, 3.05) is 19.1 Å². The molecule has 7 nitrogen and oxygen atoms in total. The molecule has 2 N–H and O–H groups in total. The second-order valence-corrected chi connectivity index (χ2v) is 9.65. The Morgan fingerprint density at radius 3 is 2.51 bits per heavy atom. The molecule has 1 saturated heterocycles. The molecule has 2 aromatic heterocycles. The molecule has 37 heavy (non-hydrogen) atoms. The van der Waals surface area contributed by atoms with Crippen LogP contribution in [0.25, 0.3) is 5.69 Å². The SMILES string of the molecule is COc1ccc(N2C(=S)N[C@@H](c3ccccn3)[C@@H]2c2cc(C)n(-c3cc(Cl)ccc3O)c2C)c(OC)c1. The maximum atomic E-state index is 10.7. The fraction of sp³-hybridized carbons (Fsp3) is 0.214. The number of rotatable bonds is 6. The highest BCUT2D eigenvalue weighted by Gasteiger charge is 2.43. The van der Waals surface area contributed by atoms with Crippen LogP contribution < -0.4 is 19.7 Å². The van der Waals surface area contributed by atoms with Gasteiger partial charge in [0.05, 0.1) is 43.4 Å². The topological polar surface area (TPSA) is 71.8 Å². The van der Waals surface area contributed by atoms with Gasteiger partial charge in [0, 0.05) is 28.7 Å². The minimum absolute atomic E-state index is 0.146. The molecule has 2 aromatic carbocycles. The maximum absolute atomic E-state index is 10.7. The quantitative estimate of drug-likeness (QED) is 0.292. The maximum Gasteiger partial charge on any atom is 0.174 e. The van der Waals surface area contributed by atoms with E-state index in [1.54, 1.807) is 38.6 Å². The van der Waals surface area contributed by atoms with Gasteiger partial charge in [0.1, 0.15) is 17.2 Å². The lowest BCUT2D eigenvalue weighted by Gasteiger charge is -2.29. The average molecular weight is 535 g/mol. The number of aromatic nitrogens is 2. The standard InChI is InChI=1S/C28H27ClN4O3S/c1-16-13-20(17(2)32(16)23-14-18(29)8-11-24(23)34)27-26(21-7-5-6-12-30-21)31-28(37)33(27)22-10-9-19(35-3)15-25(22)36-4/h5-15,26-27,34H,1-4H3,(H,31,37)/t26-,27-/m0/s1. The molecule has 5 rings (SSSR count). The monoisotopic (exact) mass is 534 g/mol. The number of phenols is 1. The molecule has 0 radical (unpaired) electrons. The van der Waals surface area contributed by atoms with Crippen molar-refractivity contribution in [2.24, 2.45) is 0 Å². The molecular formula is C28H27ClN4O3S. The van der Waals surface area contributed by atoms with Crippen LogP contribution in [-0.2, 0) is 0 Å². The van der Waals surface area contributed by atoms with Crippen molar-refractivity contribution in [3.8, 4) is 22.9 Å². The van der Waals surface area contributed by atoms with E-state index in [0.29, 0.717) is 27.3 Å². The van der Waals surface area contributed by atoms with Gasteiger partial charge in [-0.25, -0.2) is 0 Å². The minimum atomic E-state index is -0.258. The summed E-state index contributed by atoms with van der Waals surface area (Å²) in [5.41, 5.74) is 5.21. The Hall–Kier alpha value is -3.75. The van der Waals surface area contributed by atoms with E-state index < -0.39 is 0 Å². The van der Waals surface area contributed by atoms with Crippen LogP contribution in [0, 0.1) is 13.8 Å². The van der Waals surface area contributed by atoms with E-state index in [0.717, 1.165) is 28.3 Å². The Morgan fingerprint density at radius 1 is 1.00 bits per heavy atom. The number of thiocarbonyl (C=S) groups is 1. The highest BCUT2D eigenvalue weighted by molar-refractivity contribution is 7.80. The molecule has 0 bridgehead atoms. The molecule has 0 unspecified atom stereocenters. The van der Waals surface area contributed by atoms with E-state index >= 15 is 0 Å². The van der Waals surface area contributed by atoms with Gasteiger partial charge in [-0.15, -0.1) is 0 Å². The van der Waals surface area contributed by atoms with Gasteiger partial charge in [-0.05, 0) is 80.2 Å². The summed E-state index contributed by atoms with van der Waals surface area (Å²) < 4.78 is 13.2. The van der Waals surface area contributed by atoms with Crippen LogP contribution in [0.2, 0.25) is 5.02 Å². The molecule has 1 aliphatic rings. The number of halogens is 1. The van der Waals surface area contributed by atoms with E-state index in [1.807, 2.05) is 54.8 Å². The Bertz CT molecular complexity index is 1470. The molecule has 1 fully saturated rings. The van der Waals surface area contributed by atoms with Gasteiger partial charge in [0.15, 0.2) is 5.11 Å². The fourth-order valence-electron chi connectivity index (χ4n) is 5.05. The Balaban J connectivity index is 1.72. The zero-order valence-corrected chi connectivity index (χ0v) is 22.5. The minimum Gasteiger partial charge on any atom is -0.506 e. The molecule has 0 spiro atoms. The van der Waals surface area contributed by atoms with E-state index in [9.17, 15) is 5.11 Å². The summed E-state index contributed by atoms with van der Waals surface area (Å²) in [6.07, 6.45) is 1.78. The molecule has 4 aromatic rings. The smallest absolute Gasteiger partial charge is 0.174 e. The summed E-state index contributed by atoms with van der Waals surface area (Å²) in [4.78, 5) is 6.71. The van der Waals surface area contributed by atoms with E-state index in [2.05, 4.69) is 21.3 Å². The lowest BCUT2D eigenvalue weighted by Crippen LogP contribution is -2.30. The number of nitrogens with one attached hydrogen (secondary N) is 1. The van der Waals surface area contributed by atoms with Gasteiger partial charge in [-0.1, -0.05) is 17.7 Å². The van der Waals surface area contributed by atoms with Gasteiger partial charge in [0.2, 0.25) is 0 Å². The van der Waals surface area contributed by atoms with Crippen LogP contribution in [0.4, 0.5) is 5.69 Å². The first-order valence-corrected chi connectivity index (χ1v) is 12.5. The van der Waals surface area contributed by atoms with E-state index in [-0.39, 0.29) is 17.8 Å². The second-order valence-electron chi connectivity index (χ2n) is 8.83. The third-order valence-electron chi connectivity index (χ3n) is 6.71. The Kier molecular flexibility index (Phi) is 6.70. The zero-order chi connectivity index (χ0) is 26.3. The van der Waals surface area contributed by atoms with Crippen molar-refractivity contribution < 1.29 is 14.6 Å². The summed E-state index contributed by atoms with van der Waals surface area (Å²) >= 11 is 12.2. The van der Waals surface area contributed by atoms with Crippen molar-refractivity contribution in [1.82, 2.24) is 14.9 Å². The number of pyridine rings is 1. The van der Waals surface area contributed by atoms with E-state index in [1.165, 1.54) is 0 Å². The number of methoxy groups -OCH3 is 2. The van der Waals surface area contributed by atoms with Gasteiger partial charge in [0.25, 0.3) is 0 Å². The molecule has 0 saturated carbocycles. The molecule has 0 aliphatic carbocycles. The molecule has 3 heterocycles.